The number of likely N-dealkylation sites (tertiary alicyclic amines) is 1. The zero-order valence-corrected chi connectivity index (χ0v) is 27.0. The molecule has 46 heavy (non-hydrogen) atoms. The lowest BCUT2D eigenvalue weighted by molar-refractivity contribution is -0.168. The van der Waals surface area contributed by atoms with E-state index in [0.717, 1.165) is 27.2 Å². The highest BCUT2D eigenvalue weighted by molar-refractivity contribution is 5.90. The quantitative estimate of drug-likeness (QED) is 0.292. The number of hydrogen-bond acceptors (Lipinski definition) is 10. The fourth-order valence-corrected chi connectivity index (χ4v) is 5.88. The number of rotatable bonds is 10. The molecular formula is C34H42N2O10. The second kappa shape index (κ2) is 14.3. The number of fused-ring (bicyclic) bond motifs is 3. The number of β-amino-alcohol motifs (C(OH)–C–C–N with tert-alkyl or cyclic N) is 1. The summed E-state index contributed by atoms with van der Waals surface area (Å²) < 4.78 is 21.7. The average molecular weight is 639 g/mol. The van der Waals surface area contributed by atoms with Gasteiger partial charge in [0.15, 0.2) is 0 Å². The number of ether oxygens (including phenoxy) is 4. The minimum Gasteiger partial charge on any atom is -0.462 e. The van der Waals surface area contributed by atoms with Crippen LogP contribution in [0, 0.1) is 5.92 Å². The summed E-state index contributed by atoms with van der Waals surface area (Å²) in [6.07, 6.45) is -2.99. The van der Waals surface area contributed by atoms with Crippen LogP contribution in [0.1, 0.15) is 65.0 Å². The minimum absolute atomic E-state index is 0.0194. The molecule has 4 rings (SSSR count). The number of nitrogens with one attached hydrogen (secondary N) is 1. The van der Waals surface area contributed by atoms with E-state index in [-0.39, 0.29) is 32.1 Å². The maximum atomic E-state index is 13.7. The molecule has 0 bridgehead atoms. The second-order valence-corrected chi connectivity index (χ2v) is 12.7. The number of carbonyl (C=O) groups excluding carboxylic acids is 5. The third-order valence-corrected chi connectivity index (χ3v) is 7.99. The molecule has 248 valence electrons. The van der Waals surface area contributed by atoms with Crippen molar-refractivity contribution in [2.24, 2.45) is 5.92 Å². The number of hydrogen-bond donors (Lipinski definition) is 2. The van der Waals surface area contributed by atoms with Crippen molar-refractivity contribution in [3.63, 3.8) is 0 Å². The Labute approximate surface area is 268 Å². The van der Waals surface area contributed by atoms with Crippen molar-refractivity contribution >= 4 is 29.9 Å². The summed E-state index contributed by atoms with van der Waals surface area (Å²) in [6.45, 7) is 8.37. The van der Waals surface area contributed by atoms with E-state index in [0.29, 0.717) is 0 Å². The van der Waals surface area contributed by atoms with Crippen LogP contribution in [0.4, 0.5) is 4.79 Å². The van der Waals surface area contributed by atoms with E-state index in [1.165, 1.54) is 13.8 Å². The fraction of sp³-hybridized carbons (Fsp3) is 0.500. The van der Waals surface area contributed by atoms with E-state index < -0.39 is 65.7 Å². The van der Waals surface area contributed by atoms with Gasteiger partial charge in [-0.15, -0.1) is 0 Å². The van der Waals surface area contributed by atoms with Crippen LogP contribution in [0.2, 0.25) is 0 Å². The Balaban J connectivity index is 1.51. The molecule has 1 fully saturated rings. The zero-order chi connectivity index (χ0) is 33.8. The molecule has 0 radical (unpaired) electrons. The molecule has 2 aromatic carbocycles. The van der Waals surface area contributed by atoms with Crippen LogP contribution in [-0.4, -0.2) is 89.6 Å². The Morgan fingerprint density at radius 2 is 1.52 bits per heavy atom. The third kappa shape index (κ3) is 8.22. The summed E-state index contributed by atoms with van der Waals surface area (Å²) in [6, 6.07) is 13.3. The Kier molecular flexibility index (Phi) is 10.7. The molecule has 12 nitrogen and oxygen atoms in total. The first-order valence-electron chi connectivity index (χ1n) is 15.3. The largest absolute Gasteiger partial charge is 0.462 e. The number of amides is 2. The summed E-state index contributed by atoms with van der Waals surface area (Å²) in [5.74, 6) is -3.99. The van der Waals surface area contributed by atoms with Crippen LogP contribution >= 0.6 is 0 Å². The van der Waals surface area contributed by atoms with E-state index in [2.05, 4.69) is 5.32 Å². The summed E-state index contributed by atoms with van der Waals surface area (Å²) in [7, 11) is 0. The maximum absolute atomic E-state index is 13.7. The molecule has 2 unspecified atom stereocenters. The lowest BCUT2D eigenvalue weighted by atomic mass is 9.94. The molecule has 2 aliphatic rings. The Morgan fingerprint density at radius 1 is 0.935 bits per heavy atom. The van der Waals surface area contributed by atoms with Crippen molar-refractivity contribution in [3.05, 3.63) is 59.7 Å². The van der Waals surface area contributed by atoms with Gasteiger partial charge in [-0.05, 0) is 43.0 Å². The molecule has 1 heterocycles. The molecule has 12 heteroatoms. The smallest absolute Gasteiger partial charge is 0.410 e. The Morgan fingerprint density at radius 3 is 2.07 bits per heavy atom. The van der Waals surface area contributed by atoms with Crippen LogP contribution < -0.4 is 5.32 Å². The highest BCUT2D eigenvalue weighted by Crippen LogP contribution is 2.44. The molecule has 1 saturated heterocycles. The highest BCUT2D eigenvalue weighted by atomic mass is 16.6. The number of esters is 3. The lowest BCUT2D eigenvalue weighted by Crippen LogP contribution is -2.56. The van der Waals surface area contributed by atoms with Crippen LogP contribution in [0.25, 0.3) is 11.1 Å². The predicted molar refractivity (Wildman–Crippen MR) is 165 cm³/mol. The molecule has 2 N–H and O–H groups in total. The van der Waals surface area contributed by atoms with E-state index in [9.17, 15) is 29.1 Å². The van der Waals surface area contributed by atoms with Gasteiger partial charge in [0.2, 0.25) is 5.91 Å². The molecular weight excluding hydrogens is 596 g/mol. The van der Waals surface area contributed by atoms with Gasteiger partial charge >= 0.3 is 24.0 Å². The van der Waals surface area contributed by atoms with Crippen molar-refractivity contribution in [3.8, 4) is 11.1 Å². The second-order valence-electron chi connectivity index (χ2n) is 12.7. The molecule has 0 spiro atoms. The van der Waals surface area contributed by atoms with Crippen molar-refractivity contribution in [1.29, 1.82) is 0 Å². The first-order valence-corrected chi connectivity index (χ1v) is 15.3. The van der Waals surface area contributed by atoms with Gasteiger partial charge in [0.25, 0.3) is 0 Å². The van der Waals surface area contributed by atoms with Gasteiger partial charge in [-0.1, -0.05) is 55.5 Å². The van der Waals surface area contributed by atoms with E-state index >= 15 is 0 Å². The van der Waals surface area contributed by atoms with Gasteiger partial charge in [0.1, 0.15) is 37.0 Å². The monoisotopic (exact) mass is 638 g/mol. The predicted octanol–water partition coefficient (Wildman–Crippen LogP) is 3.33. The molecule has 0 aromatic heterocycles. The van der Waals surface area contributed by atoms with Gasteiger partial charge in [0.05, 0.1) is 12.6 Å². The molecule has 0 saturated carbocycles. The van der Waals surface area contributed by atoms with Crippen LogP contribution in [0.3, 0.4) is 0 Å². The van der Waals surface area contributed by atoms with Crippen molar-refractivity contribution in [2.75, 3.05) is 19.8 Å². The average Bonchev–Trinajstić information content (AvgIpc) is 3.53. The van der Waals surface area contributed by atoms with Crippen LogP contribution in [-0.2, 0) is 38.1 Å². The summed E-state index contributed by atoms with van der Waals surface area (Å²) >= 11 is 0. The van der Waals surface area contributed by atoms with Crippen LogP contribution in [0.5, 0.6) is 0 Å². The topological polar surface area (TPSA) is 158 Å². The Hall–Kier alpha value is -4.45. The first-order chi connectivity index (χ1) is 21.7. The number of benzene rings is 2. The third-order valence-electron chi connectivity index (χ3n) is 7.99. The summed E-state index contributed by atoms with van der Waals surface area (Å²) in [4.78, 5) is 65.0. The Bertz CT molecular complexity index is 1420. The van der Waals surface area contributed by atoms with Crippen molar-refractivity contribution < 1.29 is 48.0 Å². The highest BCUT2D eigenvalue weighted by Gasteiger charge is 2.44. The maximum Gasteiger partial charge on any atom is 0.410 e. The van der Waals surface area contributed by atoms with Gasteiger partial charge in [-0.2, -0.15) is 0 Å². The lowest BCUT2D eigenvalue weighted by Gasteiger charge is -2.33. The number of nitrogens with zero attached hydrogens (tertiary/aromatic N) is 1. The number of carbonyl (C=O) groups is 5. The summed E-state index contributed by atoms with van der Waals surface area (Å²) in [5.41, 5.74) is 3.26. The SMILES string of the molecule is CC(=O)OC[C@H](OC(C)=O)C(C)[C@H](NC(=O)[C@@H]1CC(O)CN1C(=O)OCC1c2ccccc2-c2ccccc21)C(=O)OC(C)(C)C. The van der Waals surface area contributed by atoms with Gasteiger partial charge < -0.3 is 29.4 Å². The van der Waals surface area contributed by atoms with Crippen LogP contribution in [0.15, 0.2) is 48.5 Å². The van der Waals surface area contributed by atoms with E-state index in [1.807, 2.05) is 48.5 Å². The molecule has 1 aliphatic heterocycles. The number of aliphatic hydroxyl groups excluding tert-OH is 1. The van der Waals surface area contributed by atoms with Gasteiger partial charge in [-0.3, -0.25) is 19.3 Å². The molecule has 2 aromatic rings. The van der Waals surface area contributed by atoms with Crippen molar-refractivity contribution in [1.82, 2.24) is 10.2 Å². The summed E-state index contributed by atoms with van der Waals surface area (Å²) in [5, 5.41) is 13.1. The fourth-order valence-electron chi connectivity index (χ4n) is 5.88. The van der Waals surface area contributed by atoms with E-state index in [4.69, 9.17) is 18.9 Å². The molecule has 2 amide bonds. The minimum atomic E-state index is -1.37. The van der Waals surface area contributed by atoms with Gasteiger partial charge in [-0.25, -0.2) is 9.59 Å². The van der Waals surface area contributed by atoms with Crippen molar-refractivity contribution in [2.45, 2.75) is 83.8 Å². The zero-order valence-electron chi connectivity index (χ0n) is 27.0. The van der Waals surface area contributed by atoms with E-state index in [1.54, 1.807) is 27.7 Å². The van der Waals surface area contributed by atoms with Gasteiger partial charge in [0, 0.05) is 32.1 Å². The molecule has 5 atom stereocenters. The standard InChI is InChI=1S/C34H42N2O10/c1-19(29(45-21(3)38)18-43-20(2)37)30(32(41)46-34(4,5)6)35-31(40)28-15-22(39)16-36(28)33(42)44-17-27-25-13-9-7-11-23(25)24-12-8-10-14-26(24)27/h7-14,19,22,27-30,39H,15-18H2,1-6H3,(H,35,40)/t19?,22?,28-,29-,30-/m0/s1. The number of aliphatic hydroxyl groups is 1. The normalized spacial score (nSPS) is 19.2. The molecule has 1 aliphatic carbocycles. The first kappa shape index (κ1) is 34.4.